The van der Waals surface area contributed by atoms with Crippen LogP contribution in [0.2, 0.25) is 0 Å². The van der Waals surface area contributed by atoms with Crippen LogP contribution in [0.4, 0.5) is 8.78 Å². The van der Waals surface area contributed by atoms with E-state index in [0.717, 1.165) is 0 Å². The average molecular weight is 207 g/mol. The third-order valence-electron chi connectivity index (χ3n) is 2.73. The van der Waals surface area contributed by atoms with E-state index in [-0.39, 0.29) is 6.54 Å². The molecule has 3 nitrogen and oxygen atoms in total. The molecule has 1 aliphatic rings. The number of alkyl halides is 2. The zero-order chi connectivity index (χ0) is 10.7. The predicted octanol–water partition coefficient (Wildman–Crippen LogP) is 1.44. The summed E-state index contributed by atoms with van der Waals surface area (Å²) < 4.78 is 24.6. The van der Waals surface area contributed by atoms with E-state index in [4.69, 9.17) is 5.11 Å². The van der Waals surface area contributed by atoms with Crippen LogP contribution in [0.15, 0.2) is 0 Å². The Morgan fingerprint density at radius 3 is 2.64 bits per heavy atom. The number of nitrogens with zero attached hydrogens (tertiary/aromatic N) is 1. The highest BCUT2D eigenvalue weighted by Crippen LogP contribution is 2.25. The molecule has 0 aromatic carbocycles. The van der Waals surface area contributed by atoms with Crippen LogP contribution < -0.4 is 0 Å². The molecular formula is C9H15F2NO2. The number of carboxylic acids is 1. The largest absolute Gasteiger partial charge is 0.480 e. The molecule has 0 bridgehead atoms. The number of carbonyl (C=O) groups is 1. The first-order valence-electron chi connectivity index (χ1n) is 4.81. The lowest BCUT2D eigenvalue weighted by Crippen LogP contribution is -2.39. The fraction of sp³-hybridized carbons (Fsp3) is 0.889. The summed E-state index contributed by atoms with van der Waals surface area (Å²) >= 11 is 0. The van der Waals surface area contributed by atoms with Crippen molar-refractivity contribution in [2.75, 3.05) is 13.1 Å². The summed E-state index contributed by atoms with van der Waals surface area (Å²) in [6, 6.07) is -0.598. The van der Waals surface area contributed by atoms with Crippen LogP contribution in [0.5, 0.6) is 0 Å². The van der Waals surface area contributed by atoms with Gasteiger partial charge in [-0.2, -0.15) is 0 Å². The summed E-state index contributed by atoms with van der Waals surface area (Å²) in [5.41, 5.74) is 0. The molecule has 2 atom stereocenters. The molecule has 1 N–H and O–H groups in total. The van der Waals surface area contributed by atoms with Gasteiger partial charge in [0.25, 0.3) is 0 Å². The monoisotopic (exact) mass is 207 g/mol. The van der Waals surface area contributed by atoms with Gasteiger partial charge in [-0.25, -0.2) is 8.78 Å². The molecule has 82 valence electrons. The van der Waals surface area contributed by atoms with Crippen molar-refractivity contribution in [2.24, 2.45) is 5.92 Å². The molecule has 0 radical (unpaired) electrons. The van der Waals surface area contributed by atoms with Crippen LogP contribution in [-0.4, -0.2) is 41.5 Å². The molecule has 5 heteroatoms. The Labute approximate surface area is 81.7 Å². The van der Waals surface area contributed by atoms with Crippen LogP contribution in [0.25, 0.3) is 0 Å². The Bertz CT molecular complexity index is 211. The zero-order valence-corrected chi connectivity index (χ0v) is 8.12. The van der Waals surface area contributed by atoms with Gasteiger partial charge in [-0.05, 0) is 19.4 Å². The van der Waals surface area contributed by atoms with Crippen LogP contribution in [-0.2, 0) is 4.79 Å². The molecule has 1 aliphatic heterocycles. The fourth-order valence-electron chi connectivity index (χ4n) is 1.89. The fourth-order valence-corrected chi connectivity index (χ4v) is 1.89. The van der Waals surface area contributed by atoms with Crippen molar-refractivity contribution in [3.63, 3.8) is 0 Å². The maximum atomic E-state index is 12.3. The summed E-state index contributed by atoms with van der Waals surface area (Å²) in [6.07, 6.45) is -1.46. The third kappa shape index (κ3) is 2.41. The van der Waals surface area contributed by atoms with E-state index in [9.17, 15) is 13.6 Å². The van der Waals surface area contributed by atoms with Gasteiger partial charge in [-0.15, -0.1) is 0 Å². The molecule has 14 heavy (non-hydrogen) atoms. The molecule has 0 unspecified atom stereocenters. The Hall–Kier alpha value is -0.710. The van der Waals surface area contributed by atoms with Gasteiger partial charge < -0.3 is 5.11 Å². The summed E-state index contributed by atoms with van der Waals surface area (Å²) in [5, 5.41) is 8.83. The summed E-state index contributed by atoms with van der Waals surface area (Å²) in [4.78, 5) is 12.4. The second kappa shape index (κ2) is 4.68. The number of hydrogen-bond donors (Lipinski definition) is 1. The second-order valence-corrected chi connectivity index (χ2v) is 3.64. The highest BCUT2D eigenvalue weighted by Gasteiger charge is 2.34. The smallest absolute Gasteiger partial charge is 0.320 e. The Morgan fingerprint density at radius 2 is 2.29 bits per heavy atom. The normalized spacial score (nSPS) is 25.6. The minimum absolute atomic E-state index is 0.211. The van der Waals surface area contributed by atoms with Gasteiger partial charge in [0.1, 0.15) is 6.04 Å². The first kappa shape index (κ1) is 11.4. The minimum atomic E-state index is -2.33. The molecule has 1 rings (SSSR count). The van der Waals surface area contributed by atoms with Gasteiger partial charge in [0.2, 0.25) is 6.43 Å². The summed E-state index contributed by atoms with van der Waals surface area (Å²) in [7, 11) is 0. The SMILES string of the molecule is CC[C@H](C(=O)O)N1CC[C@H](C(F)F)C1. The molecule has 1 saturated heterocycles. The molecule has 0 aromatic heterocycles. The van der Waals surface area contributed by atoms with E-state index in [1.807, 2.05) is 0 Å². The van der Waals surface area contributed by atoms with E-state index in [2.05, 4.69) is 0 Å². The maximum Gasteiger partial charge on any atom is 0.320 e. The quantitative estimate of drug-likeness (QED) is 0.758. The van der Waals surface area contributed by atoms with Crippen LogP contribution in [0.1, 0.15) is 19.8 Å². The number of hydrogen-bond acceptors (Lipinski definition) is 2. The van der Waals surface area contributed by atoms with Crippen molar-refractivity contribution in [1.82, 2.24) is 4.90 Å². The molecular weight excluding hydrogens is 192 g/mol. The van der Waals surface area contributed by atoms with E-state index in [0.29, 0.717) is 19.4 Å². The molecule has 0 amide bonds. The molecule has 0 spiro atoms. The predicted molar refractivity (Wildman–Crippen MR) is 47.4 cm³/mol. The van der Waals surface area contributed by atoms with Gasteiger partial charge in [0.15, 0.2) is 0 Å². The van der Waals surface area contributed by atoms with Crippen molar-refractivity contribution < 1.29 is 18.7 Å². The number of carboxylic acid groups (broad SMARTS) is 1. The Morgan fingerprint density at radius 1 is 1.64 bits per heavy atom. The summed E-state index contributed by atoms with van der Waals surface area (Å²) in [6.45, 7) is 2.44. The van der Waals surface area contributed by atoms with E-state index >= 15 is 0 Å². The topological polar surface area (TPSA) is 40.5 Å². The van der Waals surface area contributed by atoms with Crippen molar-refractivity contribution in [2.45, 2.75) is 32.2 Å². The lowest BCUT2D eigenvalue weighted by Gasteiger charge is -2.22. The Kier molecular flexibility index (Phi) is 3.80. The molecule has 0 saturated carbocycles. The van der Waals surface area contributed by atoms with Gasteiger partial charge in [-0.3, -0.25) is 9.69 Å². The third-order valence-corrected chi connectivity index (χ3v) is 2.73. The number of halogens is 2. The first-order valence-corrected chi connectivity index (χ1v) is 4.81. The van der Waals surface area contributed by atoms with Crippen molar-refractivity contribution in [3.8, 4) is 0 Å². The molecule has 0 aliphatic carbocycles. The van der Waals surface area contributed by atoms with Gasteiger partial charge in [0.05, 0.1) is 0 Å². The van der Waals surface area contributed by atoms with Gasteiger partial charge in [0, 0.05) is 12.5 Å². The van der Waals surface area contributed by atoms with Crippen LogP contribution in [0, 0.1) is 5.92 Å². The minimum Gasteiger partial charge on any atom is -0.480 e. The summed E-state index contributed by atoms with van der Waals surface area (Å²) in [5.74, 6) is -1.56. The molecule has 0 aromatic rings. The number of aliphatic carboxylic acids is 1. The van der Waals surface area contributed by atoms with Crippen molar-refractivity contribution >= 4 is 5.97 Å². The lowest BCUT2D eigenvalue weighted by atomic mass is 10.1. The van der Waals surface area contributed by atoms with Crippen LogP contribution in [0.3, 0.4) is 0 Å². The van der Waals surface area contributed by atoms with E-state index < -0.39 is 24.4 Å². The number of rotatable bonds is 4. The molecule has 1 heterocycles. The van der Waals surface area contributed by atoms with Gasteiger partial charge in [-0.1, -0.05) is 6.92 Å². The molecule has 1 fully saturated rings. The first-order chi connectivity index (χ1) is 6.56. The zero-order valence-electron chi connectivity index (χ0n) is 8.12. The lowest BCUT2D eigenvalue weighted by molar-refractivity contribution is -0.143. The highest BCUT2D eigenvalue weighted by atomic mass is 19.3. The average Bonchev–Trinajstić information content (AvgIpc) is 2.53. The standard InChI is InChI=1S/C9H15F2NO2/c1-2-7(9(13)14)12-4-3-6(5-12)8(10)11/h6-8H,2-5H2,1H3,(H,13,14)/t6-,7+/m0/s1. The highest BCUT2D eigenvalue weighted by molar-refractivity contribution is 5.73. The second-order valence-electron chi connectivity index (χ2n) is 3.64. The van der Waals surface area contributed by atoms with E-state index in [1.54, 1.807) is 11.8 Å². The van der Waals surface area contributed by atoms with Crippen molar-refractivity contribution in [1.29, 1.82) is 0 Å². The van der Waals surface area contributed by atoms with E-state index in [1.165, 1.54) is 0 Å². The van der Waals surface area contributed by atoms with Gasteiger partial charge >= 0.3 is 5.97 Å². The van der Waals surface area contributed by atoms with Crippen LogP contribution >= 0.6 is 0 Å². The Balaban J connectivity index is 2.51. The maximum absolute atomic E-state index is 12.3. The number of likely N-dealkylation sites (tertiary alicyclic amines) is 1. The van der Waals surface area contributed by atoms with Crippen molar-refractivity contribution in [3.05, 3.63) is 0 Å².